The van der Waals surface area contributed by atoms with E-state index < -0.39 is 22.8 Å². The molecule has 1 aliphatic heterocycles. The number of methoxy groups -OCH3 is 1. The van der Waals surface area contributed by atoms with Gasteiger partial charge >= 0.3 is 5.97 Å². The lowest BCUT2D eigenvalue weighted by Crippen LogP contribution is -2.37. The second-order valence-corrected chi connectivity index (χ2v) is 5.17. The molecule has 0 aliphatic carbocycles. The van der Waals surface area contributed by atoms with Crippen LogP contribution in [0.3, 0.4) is 0 Å². The molecular formula is C16H13N2O7-. The molecule has 1 aromatic carbocycles. The zero-order valence-electron chi connectivity index (χ0n) is 13.3. The van der Waals surface area contributed by atoms with Crippen LogP contribution >= 0.6 is 0 Å². The largest absolute Gasteiger partial charge is 0.545 e. The van der Waals surface area contributed by atoms with Gasteiger partial charge in [-0.15, -0.1) is 0 Å². The predicted molar refractivity (Wildman–Crippen MR) is 81.8 cm³/mol. The third kappa shape index (κ3) is 3.25. The molecule has 0 aromatic heterocycles. The Morgan fingerprint density at radius 1 is 1.32 bits per heavy atom. The molecule has 0 amide bonds. The number of nitrogens with one attached hydrogen (secondary N) is 1. The van der Waals surface area contributed by atoms with Gasteiger partial charge in [0.05, 0.1) is 29.3 Å². The van der Waals surface area contributed by atoms with Crippen molar-refractivity contribution < 1.29 is 29.2 Å². The minimum atomic E-state index is -1.58. The first kappa shape index (κ1) is 17.9. The number of esters is 1. The first-order chi connectivity index (χ1) is 11.8. The van der Waals surface area contributed by atoms with Gasteiger partial charge in [0.15, 0.2) is 6.29 Å². The van der Waals surface area contributed by atoms with E-state index in [1.807, 2.05) is 0 Å². The van der Waals surface area contributed by atoms with E-state index in [1.54, 1.807) is 0 Å². The second-order valence-electron chi connectivity index (χ2n) is 5.17. The van der Waals surface area contributed by atoms with Crippen LogP contribution in [0.4, 0.5) is 5.69 Å². The van der Waals surface area contributed by atoms with Crippen LogP contribution in [-0.4, -0.2) is 30.3 Å². The van der Waals surface area contributed by atoms with Crippen LogP contribution in [0.25, 0.3) is 0 Å². The smallest absolute Gasteiger partial charge is 0.336 e. The number of benzene rings is 1. The molecule has 0 saturated carbocycles. The Morgan fingerprint density at radius 3 is 2.52 bits per heavy atom. The number of carboxylic acid groups (broad SMARTS) is 1. The van der Waals surface area contributed by atoms with E-state index in [4.69, 9.17) is 0 Å². The number of nitrogens with zero attached hydrogens (tertiary/aromatic N) is 1. The van der Waals surface area contributed by atoms with Crippen molar-refractivity contribution in [2.75, 3.05) is 7.11 Å². The minimum Gasteiger partial charge on any atom is -0.545 e. The molecule has 2 rings (SSSR count). The van der Waals surface area contributed by atoms with Crippen LogP contribution in [0, 0.1) is 10.1 Å². The van der Waals surface area contributed by atoms with Crippen molar-refractivity contribution in [1.82, 2.24) is 5.32 Å². The molecule has 1 atom stereocenters. The van der Waals surface area contributed by atoms with Crippen LogP contribution in [-0.2, 0) is 19.1 Å². The summed E-state index contributed by atoms with van der Waals surface area (Å²) in [4.78, 5) is 45.5. The number of rotatable bonds is 5. The summed E-state index contributed by atoms with van der Waals surface area (Å²) < 4.78 is 4.65. The van der Waals surface area contributed by atoms with E-state index in [1.165, 1.54) is 25.1 Å². The van der Waals surface area contributed by atoms with Gasteiger partial charge in [-0.1, -0.05) is 12.1 Å². The molecule has 25 heavy (non-hydrogen) atoms. The molecule has 0 fully saturated rings. The maximum Gasteiger partial charge on any atom is 0.336 e. The predicted octanol–water partition coefficient (Wildman–Crippen LogP) is -0.0685. The van der Waals surface area contributed by atoms with Gasteiger partial charge in [-0.3, -0.25) is 14.9 Å². The highest BCUT2D eigenvalue weighted by molar-refractivity contribution is 6.02. The van der Waals surface area contributed by atoms with Crippen LogP contribution in [0.5, 0.6) is 0 Å². The summed E-state index contributed by atoms with van der Waals surface area (Å²) in [5.41, 5.74) is -0.802. The van der Waals surface area contributed by atoms with E-state index in [0.717, 1.165) is 13.2 Å². The fraction of sp³-hybridized carbons (Fsp3) is 0.188. The fourth-order valence-electron chi connectivity index (χ4n) is 2.71. The zero-order chi connectivity index (χ0) is 18.7. The van der Waals surface area contributed by atoms with Crippen molar-refractivity contribution in [2.45, 2.75) is 12.8 Å². The van der Waals surface area contributed by atoms with E-state index >= 15 is 0 Å². The molecule has 9 nitrogen and oxygen atoms in total. The third-order valence-electron chi connectivity index (χ3n) is 3.75. The van der Waals surface area contributed by atoms with Crippen LogP contribution in [0.2, 0.25) is 0 Å². The molecule has 1 unspecified atom stereocenters. The number of carbonyl (C=O) groups is 3. The zero-order valence-corrected chi connectivity index (χ0v) is 13.3. The van der Waals surface area contributed by atoms with Gasteiger partial charge < -0.3 is 20.0 Å². The maximum atomic E-state index is 12.2. The van der Waals surface area contributed by atoms with Gasteiger partial charge in [-0.2, -0.15) is 0 Å². The molecule has 0 spiro atoms. The Hall–Kier alpha value is -3.49. The van der Waals surface area contributed by atoms with Gasteiger partial charge in [-0.05, 0) is 12.5 Å². The van der Waals surface area contributed by atoms with E-state index in [9.17, 15) is 29.6 Å². The summed E-state index contributed by atoms with van der Waals surface area (Å²) in [6, 6.07) is 5.14. The topological polar surface area (TPSA) is 139 Å². The molecule has 1 aromatic rings. The Kier molecular flexibility index (Phi) is 4.97. The Bertz CT molecular complexity index is 839. The minimum absolute atomic E-state index is 0.0891. The molecule has 1 heterocycles. The van der Waals surface area contributed by atoms with Gasteiger partial charge in [0, 0.05) is 29.3 Å². The Morgan fingerprint density at radius 2 is 2.00 bits per heavy atom. The maximum absolute atomic E-state index is 12.2. The number of nitro groups is 1. The number of carbonyl (C=O) groups excluding carboxylic acids is 3. The third-order valence-corrected chi connectivity index (χ3v) is 3.75. The van der Waals surface area contributed by atoms with Gasteiger partial charge in [-0.25, -0.2) is 4.79 Å². The highest BCUT2D eigenvalue weighted by Gasteiger charge is 2.36. The van der Waals surface area contributed by atoms with Gasteiger partial charge in [0.25, 0.3) is 5.69 Å². The standard InChI is InChI=1S/C16H14N2O7/c1-8-12(15(20)21)13(9-4-3-5-10(6-9)18(23)24)14(16(22)25-2)11(7-19)17-8/h3-7,13,17H,1-2H3,(H,20,21)/p-1. The highest BCUT2D eigenvalue weighted by atomic mass is 16.6. The van der Waals surface area contributed by atoms with E-state index in [2.05, 4.69) is 10.1 Å². The number of ether oxygens (including phenoxy) is 1. The molecule has 0 bridgehead atoms. The molecule has 0 saturated heterocycles. The monoisotopic (exact) mass is 345 g/mol. The lowest BCUT2D eigenvalue weighted by Gasteiger charge is -2.31. The van der Waals surface area contributed by atoms with Crippen molar-refractivity contribution in [3.63, 3.8) is 0 Å². The molecular weight excluding hydrogens is 332 g/mol. The summed E-state index contributed by atoms with van der Waals surface area (Å²) in [5, 5.41) is 25.1. The average molecular weight is 345 g/mol. The number of carboxylic acids is 1. The lowest BCUT2D eigenvalue weighted by molar-refractivity contribution is -0.384. The number of aliphatic carboxylic acids is 1. The van der Waals surface area contributed by atoms with Crippen LogP contribution < -0.4 is 10.4 Å². The van der Waals surface area contributed by atoms with Crippen LogP contribution in [0.15, 0.2) is 46.8 Å². The quantitative estimate of drug-likeness (QED) is 0.339. The van der Waals surface area contributed by atoms with E-state index in [-0.39, 0.29) is 33.8 Å². The number of aldehydes is 1. The SMILES string of the molecule is COC(=O)C1=C(C=O)NC(C)=C(C(=O)[O-])C1c1cccc([N+](=O)[O-])c1. The Balaban J connectivity index is 2.78. The van der Waals surface area contributed by atoms with Crippen molar-refractivity contribution in [1.29, 1.82) is 0 Å². The summed E-state index contributed by atoms with van der Waals surface area (Å²) in [5.74, 6) is -3.76. The first-order valence-corrected chi connectivity index (χ1v) is 7.03. The van der Waals surface area contributed by atoms with Crippen molar-refractivity contribution in [2.24, 2.45) is 0 Å². The number of hydrogen-bond donors (Lipinski definition) is 1. The highest BCUT2D eigenvalue weighted by Crippen LogP contribution is 2.38. The molecule has 1 N–H and O–H groups in total. The van der Waals surface area contributed by atoms with Crippen LogP contribution in [0.1, 0.15) is 18.4 Å². The van der Waals surface area contributed by atoms with E-state index in [0.29, 0.717) is 6.29 Å². The number of hydrogen-bond acceptors (Lipinski definition) is 8. The number of dihydropyridines is 1. The van der Waals surface area contributed by atoms with Crippen molar-refractivity contribution in [3.05, 3.63) is 62.5 Å². The summed E-state index contributed by atoms with van der Waals surface area (Å²) in [6.07, 6.45) is 0.353. The average Bonchev–Trinajstić information content (AvgIpc) is 2.59. The lowest BCUT2D eigenvalue weighted by atomic mass is 9.80. The molecule has 1 aliphatic rings. The number of non-ortho nitro benzene ring substituents is 1. The second kappa shape index (κ2) is 6.95. The molecule has 130 valence electrons. The van der Waals surface area contributed by atoms with Gasteiger partial charge in [0.2, 0.25) is 0 Å². The van der Waals surface area contributed by atoms with Gasteiger partial charge in [0.1, 0.15) is 0 Å². The normalized spacial score (nSPS) is 17.0. The number of allylic oxidation sites excluding steroid dienone is 2. The summed E-state index contributed by atoms with van der Waals surface area (Å²) >= 11 is 0. The first-order valence-electron chi connectivity index (χ1n) is 7.03. The summed E-state index contributed by atoms with van der Waals surface area (Å²) in [7, 11) is 1.08. The fourth-order valence-corrected chi connectivity index (χ4v) is 2.71. The van der Waals surface area contributed by atoms with Crippen molar-refractivity contribution >= 4 is 23.9 Å². The Labute approximate surface area is 141 Å². The number of nitro benzene ring substituents is 1. The molecule has 9 heteroatoms. The summed E-state index contributed by atoms with van der Waals surface area (Å²) in [6.45, 7) is 1.40. The molecule has 0 radical (unpaired) electrons. The van der Waals surface area contributed by atoms with Crippen molar-refractivity contribution in [3.8, 4) is 0 Å².